The number of halogens is 1. The van der Waals surface area contributed by atoms with Crippen LogP contribution in [0.15, 0.2) is 12.1 Å². The topological polar surface area (TPSA) is 17.1 Å². The van der Waals surface area contributed by atoms with Crippen molar-refractivity contribution in [2.75, 3.05) is 0 Å². The molecular weight excluding hydrogens is 256 g/mol. The Morgan fingerprint density at radius 3 is 2.37 bits per heavy atom. The lowest BCUT2D eigenvalue weighted by atomic mass is 9.98. The van der Waals surface area contributed by atoms with Crippen molar-refractivity contribution in [3.63, 3.8) is 0 Å². The van der Waals surface area contributed by atoms with Crippen LogP contribution in [0.5, 0.6) is 0 Å². The van der Waals surface area contributed by atoms with Gasteiger partial charge in [0.15, 0.2) is 5.78 Å². The van der Waals surface area contributed by atoms with E-state index in [2.05, 4.69) is 6.92 Å². The molecule has 0 aliphatic heterocycles. The number of rotatable bonds is 8. The molecule has 2 heteroatoms. The second kappa shape index (κ2) is 8.37. The molecule has 0 saturated heterocycles. The highest BCUT2D eigenvalue weighted by Gasteiger charge is 2.12. The number of Topliss-reactive ketones (excluding diaryl/α,β-unsaturated/α-hetero) is 1. The summed E-state index contributed by atoms with van der Waals surface area (Å²) in [7, 11) is 0. The van der Waals surface area contributed by atoms with E-state index in [1.54, 1.807) is 0 Å². The summed E-state index contributed by atoms with van der Waals surface area (Å²) in [4.78, 5) is 12.2. The zero-order chi connectivity index (χ0) is 14.3. The fraction of sp³-hybridized carbons (Fsp3) is 0.588. The van der Waals surface area contributed by atoms with Gasteiger partial charge in [0.2, 0.25) is 0 Å². The Balaban J connectivity index is 2.44. The van der Waals surface area contributed by atoms with E-state index in [0.717, 1.165) is 34.6 Å². The number of unbranched alkanes of at least 4 members (excludes halogenated alkanes) is 5. The molecule has 1 aromatic carbocycles. The summed E-state index contributed by atoms with van der Waals surface area (Å²) in [5, 5.41) is 0.730. The fourth-order valence-corrected chi connectivity index (χ4v) is 2.49. The van der Waals surface area contributed by atoms with Crippen molar-refractivity contribution < 1.29 is 4.79 Å². The molecule has 0 radical (unpaired) electrons. The largest absolute Gasteiger partial charge is 0.294 e. The van der Waals surface area contributed by atoms with Crippen LogP contribution in [0.2, 0.25) is 5.02 Å². The first-order valence-electron chi connectivity index (χ1n) is 7.36. The molecule has 106 valence electrons. The Morgan fingerprint density at radius 1 is 1.05 bits per heavy atom. The van der Waals surface area contributed by atoms with Crippen LogP contribution < -0.4 is 0 Å². The predicted octanol–water partition coefficient (Wildman–Crippen LogP) is 5.89. The molecule has 1 nitrogen and oxygen atoms in total. The molecule has 0 aliphatic rings. The second-order valence-corrected chi connectivity index (χ2v) is 5.69. The standard InChI is InChI=1S/C17H25ClO/c1-4-5-6-7-8-9-10-16(19)15-12-11-13(2)17(18)14(15)3/h11-12H,4-10H2,1-3H3. The zero-order valence-corrected chi connectivity index (χ0v) is 13.1. The molecule has 19 heavy (non-hydrogen) atoms. The summed E-state index contributed by atoms with van der Waals surface area (Å²) in [6, 6.07) is 3.85. The van der Waals surface area contributed by atoms with Crippen molar-refractivity contribution in [1.29, 1.82) is 0 Å². The molecule has 0 saturated carbocycles. The van der Waals surface area contributed by atoms with Crippen LogP contribution in [0.4, 0.5) is 0 Å². The van der Waals surface area contributed by atoms with Gasteiger partial charge in [-0.3, -0.25) is 4.79 Å². The van der Waals surface area contributed by atoms with Gasteiger partial charge in [0.1, 0.15) is 0 Å². The molecule has 0 aliphatic carbocycles. The molecule has 0 bridgehead atoms. The van der Waals surface area contributed by atoms with Gasteiger partial charge in [-0.15, -0.1) is 0 Å². The minimum absolute atomic E-state index is 0.231. The van der Waals surface area contributed by atoms with Crippen molar-refractivity contribution in [1.82, 2.24) is 0 Å². The van der Waals surface area contributed by atoms with Crippen molar-refractivity contribution >= 4 is 17.4 Å². The highest BCUT2D eigenvalue weighted by Crippen LogP contribution is 2.24. The Morgan fingerprint density at radius 2 is 1.68 bits per heavy atom. The maximum absolute atomic E-state index is 12.2. The van der Waals surface area contributed by atoms with Crippen LogP contribution in [0.3, 0.4) is 0 Å². The normalized spacial score (nSPS) is 10.7. The van der Waals surface area contributed by atoms with Gasteiger partial charge in [0, 0.05) is 17.0 Å². The number of hydrogen-bond acceptors (Lipinski definition) is 1. The van der Waals surface area contributed by atoms with Gasteiger partial charge in [-0.2, -0.15) is 0 Å². The van der Waals surface area contributed by atoms with E-state index < -0.39 is 0 Å². The number of carbonyl (C=O) groups excluding carboxylic acids is 1. The maximum Gasteiger partial charge on any atom is 0.163 e. The summed E-state index contributed by atoms with van der Waals surface area (Å²) in [5.74, 6) is 0.231. The molecule has 0 unspecified atom stereocenters. The van der Waals surface area contributed by atoms with Crippen molar-refractivity contribution in [2.24, 2.45) is 0 Å². The third-order valence-corrected chi connectivity index (χ3v) is 4.22. The molecule has 0 aromatic heterocycles. The van der Waals surface area contributed by atoms with Crippen LogP contribution in [-0.2, 0) is 0 Å². The smallest absolute Gasteiger partial charge is 0.163 e. The van der Waals surface area contributed by atoms with Gasteiger partial charge in [-0.25, -0.2) is 0 Å². The van der Waals surface area contributed by atoms with E-state index in [1.807, 2.05) is 26.0 Å². The highest BCUT2D eigenvalue weighted by atomic mass is 35.5. The first kappa shape index (κ1) is 16.2. The Hall–Kier alpha value is -0.820. The first-order chi connectivity index (χ1) is 9.07. The van der Waals surface area contributed by atoms with Crippen LogP contribution >= 0.6 is 11.6 Å². The lowest BCUT2D eigenvalue weighted by molar-refractivity contribution is 0.0978. The van der Waals surface area contributed by atoms with Gasteiger partial charge < -0.3 is 0 Å². The van der Waals surface area contributed by atoms with E-state index in [1.165, 1.54) is 25.7 Å². The van der Waals surface area contributed by atoms with E-state index >= 15 is 0 Å². The van der Waals surface area contributed by atoms with Crippen LogP contribution in [0, 0.1) is 13.8 Å². The average Bonchev–Trinajstić information content (AvgIpc) is 2.40. The second-order valence-electron chi connectivity index (χ2n) is 5.31. The average molecular weight is 281 g/mol. The molecule has 0 heterocycles. The molecule has 1 rings (SSSR count). The number of aryl methyl sites for hydroxylation is 1. The molecule has 0 spiro atoms. The Bertz CT molecular complexity index is 424. The number of carbonyl (C=O) groups is 1. The Kier molecular flexibility index (Phi) is 7.15. The van der Waals surface area contributed by atoms with Gasteiger partial charge in [-0.05, 0) is 31.4 Å². The Labute approximate surface area is 122 Å². The van der Waals surface area contributed by atoms with E-state index in [0.29, 0.717) is 6.42 Å². The molecule has 1 aromatic rings. The van der Waals surface area contributed by atoms with Crippen LogP contribution in [-0.4, -0.2) is 5.78 Å². The SMILES string of the molecule is CCCCCCCCC(=O)c1ccc(C)c(Cl)c1C. The third-order valence-electron chi connectivity index (χ3n) is 3.64. The van der Waals surface area contributed by atoms with Crippen molar-refractivity contribution in [3.05, 3.63) is 33.8 Å². The fourth-order valence-electron chi connectivity index (χ4n) is 2.32. The molecule has 0 fully saturated rings. The van der Waals surface area contributed by atoms with Crippen LogP contribution in [0.25, 0.3) is 0 Å². The summed E-state index contributed by atoms with van der Waals surface area (Å²) < 4.78 is 0. The zero-order valence-electron chi connectivity index (χ0n) is 12.4. The van der Waals surface area contributed by atoms with E-state index in [-0.39, 0.29) is 5.78 Å². The lowest BCUT2D eigenvalue weighted by Gasteiger charge is -2.09. The van der Waals surface area contributed by atoms with Gasteiger partial charge in [-0.1, -0.05) is 62.8 Å². The minimum atomic E-state index is 0.231. The van der Waals surface area contributed by atoms with Crippen molar-refractivity contribution in [3.8, 4) is 0 Å². The molecule has 0 amide bonds. The van der Waals surface area contributed by atoms with Crippen molar-refractivity contribution in [2.45, 2.75) is 65.7 Å². The van der Waals surface area contributed by atoms with Gasteiger partial charge in [0.25, 0.3) is 0 Å². The maximum atomic E-state index is 12.2. The number of hydrogen-bond donors (Lipinski definition) is 0. The minimum Gasteiger partial charge on any atom is -0.294 e. The molecule has 0 N–H and O–H groups in total. The predicted molar refractivity (Wildman–Crippen MR) is 83.2 cm³/mol. The van der Waals surface area contributed by atoms with E-state index in [4.69, 9.17) is 11.6 Å². The van der Waals surface area contributed by atoms with Gasteiger partial charge in [0.05, 0.1) is 0 Å². The molecule has 0 atom stereocenters. The van der Waals surface area contributed by atoms with Gasteiger partial charge >= 0.3 is 0 Å². The van der Waals surface area contributed by atoms with E-state index in [9.17, 15) is 4.79 Å². The first-order valence-corrected chi connectivity index (χ1v) is 7.74. The van der Waals surface area contributed by atoms with Crippen LogP contribution in [0.1, 0.15) is 73.4 Å². The summed E-state index contributed by atoms with van der Waals surface area (Å²) >= 11 is 6.19. The monoisotopic (exact) mass is 280 g/mol. The lowest BCUT2D eigenvalue weighted by Crippen LogP contribution is -2.03. The summed E-state index contributed by atoms with van der Waals surface area (Å²) in [6.07, 6.45) is 7.90. The third kappa shape index (κ3) is 4.99. The molecular formula is C17H25ClO. The summed E-state index contributed by atoms with van der Waals surface area (Å²) in [6.45, 7) is 6.12. The quantitative estimate of drug-likeness (QED) is 0.428. The highest BCUT2D eigenvalue weighted by molar-refractivity contribution is 6.32. The summed E-state index contributed by atoms with van der Waals surface area (Å²) in [5.41, 5.74) is 2.76. The number of ketones is 1. The number of benzene rings is 1.